The summed E-state index contributed by atoms with van der Waals surface area (Å²) in [6.07, 6.45) is 0. The Morgan fingerprint density at radius 3 is 2.43 bits per heavy atom. The zero-order chi connectivity index (χ0) is 17.2. The zero-order valence-electron chi connectivity index (χ0n) is 13.0. The molecule has 0 bridgehead atoms. The van der Waals surface area contributed by atoms with E-state index in [1.807, 2.05) is 0 Å². The number of anilines is 1. The number of para-hydroxylation sites is 1. The van der Waals surface area contributed by atoms with E-state index in [0.717, 1.165) is 0 Å². The van der Waals surface area contributed by atoms with Gasteiger partial charge in [0.1, 0.15) is 5.75 Å². The van der Waals surface area contributed by atoms with Gasteiger partial charge in [-0.1, -0.05) is 18.2 Å². The Kier molecular flexibility index (Phi) is 4.60. The number of benzene rings is 2. The molecule has 6 nitrogen and oxygen atoms in total. The van der Waals surface area contributed by atoms with E-state index in [-0.39, 0.29) is 21.9 Å². The SMILES string of the molecule is COC(=O)c1cc(S(=O)(=O)Nc2c(C)cccc2O)ccc1C. The fraction of sp³-hybridized carbons (Fsp3) is 0.188. The molecule has 7 heteroatoms. The first-order valence-electron chi connectivity index (χ1n) is 6.76. The maximum atomic E-state index is 12.5. The van der Waals surface area contributed by atoms with Crippen molar-refractivity contribution in [3.8, 4) is 5.75 Å². The smallest absolute Gasteiger partial charge is 0.338 e. The molecule has 2 aromatic carbocycles. The van der Waals surface area contributed by atoms with E-state index in [1.54, 1.807) is 26.0 Å². The molecule has 0 unspecified atom stereocenters. The molecular weight excluding hydrogens is 318 g/mol. The molecule has 0 aliphatic heterocycles. The first-order valence-corrected chi connectivity index (χ1v) is 8.25. The summed E-state index contributed by atoms with van der Waals surface area (Å²) in [6, 6.07) is 8.84. The number of hydrogen-bond acceptors (Lipinski definition) is 5. The summed E-state index contributed by atoms with van der Waals surface area (Å²) in [7, 11) is -2.73. The Bertz CT molecular complexity index is 839. The van der Waals surface area contributed by atoms with Crippen LogP contribution in [0.25, 0.3) is 0 Å². The molecule has 0 saturated heterocycles. The van der Waals surface area contributed by atoms with E-state index in [2.05, 4.69) is 9.46 Å². The summed E-state index contributed by atoms with van der Waals surface area (Å²) in [4.78, 5) is 11.6. The van der Waals surface area contributed by atoms with Crippen molar-refractivity contribution in [2.24, 2.45) is 0 Å². The summed E-state index contributed by atoms with van der Waals surface area (Å²) in [6.45, 7) is 3.36. The van der Waals surface area contributed by atoms with Crippen LogP contribution in [0.5, 0.6) is 5.75 Å². The quantitative estimate of drug-likeness (QED) is 0.662. The molecular formula is C16H17NO5S. The van der Waals surface area contributed by atoms with Crippen LogP contribution in [0.1, 0.15) is 21.5 Å². The van der Waals surface area contributed by atoms with Gasteiger partial charge in [-0.2, -0.15) is 0 Å². The van der Waals surface area contributed by atoms with E-state index in [4.69, 9.17) is 0 Å². The van der Waals surface area contributed by atoms with Crippen LogP contribution in [0.4, 0.5) is 5.69 Å². The summed E-state index contributed by atoms with van der Waals surface area (Å²) in [5.74, 6) is -0.785. The number of rotatable bonds is 4. The van der Waals surface area contributed by atoms with Gasteiger partial charge < -0.3 is 9.84 Å². The van der Waals surface area contributed by atoms with Gasteiger partial charge in [-0.25, -0.2) is 13.2 Å². The number of carbonyl (C=O) groups excluding carboxylic acids is 1. The van der Waals surface area contributed by atoms with Crippen LogP contribution in [0.2, 0.25) is 0 Å². The monoisotopic (exact) mass is 335 g/mol. The molecule has 0 saturated carbocycles. The van der Waals surface area contributed by atoms with Crippen LogP contribution in [0, 0.1) is 13.8 Å². The van der Waals surface area contributed by atoms with Gasteiger partial charge in [-0.05, 0) is 43.2 Å². The van der Waals surface area contributed by atoms with Crippen LogP contribution in [0.15, 0.2) is 41.3 Å². The zero-order valence-corrected chi connectivity index (χ0v) is 13.8. The minimum atomic E-state index is -3.96. The molecule has 0 aliphatic rings. The van der Waals surface area contributed by atoms with Crippen molar-refractivity contribution in [3.63, 3.8) is 0 Å². The van der Waals surface area contributed by atoms with Crippen LogP contribution in [-0.4, -0.2) is 26.6 Å². The summed E-state index contributed by atoms with van der Waals surface area (Å²) in [5, 5.41) is 9.83. The van der Waals surface area contributed by atoms with Gasteiger partial charge in [0.05, 0.1) is 23.3 Å². The number of hydrogen-bond donors (Lipinski definition) is 2. The number of aromatic hydroxyl groups is 1. The number of esters is 1. The summed E-state index contributed by atoms with van der Waals surface area (Å²) >= 11 is 0. The molecule has 0 aromatic heterocycles. The lowest BCUT2D eigenvalue weighted by molar-refractivity contribution is 0.0599. The van der Waals surface area contributed by atoms with Crippen molar-refractivity contribution in [2.75, 3.05) is 11.8 Å². The van der Waals surface area contributed by atoms with Crippen molar-refractivity contribution in [3.05, 3.63) is 53.1 Å². The average molecular weight is 335 g/mol. The van der Waals surface area contributed by atoms with E-state index < -0.39 is 16.0 Å². The number of carbonyl (C=O) groups is 1. The maximum absolute atomic E-state index is 12.5. The van der Waals surface area contributed by atoms with E-state index >= 15 is 0 Å². The van der Waals surface area contributed by atoms with Crippen LogP contribution >= 0.6 is 0 Å². The lowest BCUT2D eigenvalue weighted by Gasteiger charge is -2.13. The van der Waals surface area contributed by atoms with Gasteiger partial charge in [0.15, 0.2) is 0 Å². The lowest BCUT2D eigenvalue weighted by atomic mass is 10.1. The Morgan fingerprint density at radius 2 is 1.83 bits per heavy atom. The first kappa shape index (κ1) is 16.8. The van der Waals surface area contributed by atoms with E-state index in [9.17, 15) is 18.3 Å². The summed E-state index contributed by atoms with van der Waals surface area (Å²) < 4.78 is 32.0. The van der Waals surface area contributed by atoms with Crippen LogP contribution in [-0.2, 0) is 14.8 Å². The molecule has 0 aliphatic carbocycles. The van der Waals surface area contributed by atoms with Crippen molar-refractivity contribution < 1.29 is 23.1 Å². The molecule has 2 rings (SSSR count). The van der Waals surface area contributed by atoms with Gasteiger partial charge in [0.2, 0.25) is 0 Å². The predicted molar refractivity (Wildman–Crippen MR) is 86.2 cm³/mol. The van der Waals surface area contributed by atoms with Crippen molar-refractivity contribution in [2.45, 2.75) is 18.7 Å². The van der Waals surface area contributed by atoms with Crippen molar-refractivity contribution in [1.82, 2.24) is 0 Å². The van der Waals surface area contributed by atoms with Gasteiger partial charge in [0, 0.05) is 0 Å². The van der Waals surface area contributed by atoms with Crippen LogP contribution < -0.4 is 4.72 Å². The Morgan fingerprint density at radius 1 is 1.13 bits per heavy atom. The molecule has 0 fully saturated rings. The highest BCUT2D eigenvalue weighted by Gasteiger charge is 2.20. The second kappa shape index (κ2) is 6.29. The number of phenolic OH excluding ortho intramolecular Hbond substituents is 1. The van der Waals surface area contributed by atoms with E-state index in [1.165, 1.54) is 31.4 Å². The number of phenols is 1. The number of methoxy groups -OCH3 is 1. The van der Waals surface area contributed by atoms with Gasteiger partial charge in [0.25, 0.3) is 10.0 Å². The first-order chi connectivity index (χ1) is 10.8. The molecule has 0 heterocycles. The molecule has 0 atom stereocenters. The third kappa shape index (κ3) is 3.45. The number of sulfonamides is 1. The molecule has 23 heavy (non-hydrogen) atoms. The highest BCUT2D eigenvalue weighted by Crippen LogP contribution is 2.29. The highest BCUT2D eigenvalue weighted by molar-refractivity contribution is 7.92. The molecule has 0 radical (unpaired) electrons. The maximum Gasteiger partial charge on any atom is 0.338 e. The Hall–Kier alpha value is -2.54. The van der Waals surface area contributed by atoms with Crippen molar-refractivity contribution in [1.29, 1.82) is 0 Å². The fourth-order valence-corrected chi connectivity index (χ4v) is 3.25. The predicted octanol–water partition coefficient (Wildman–Crippen LogP) is 2.60. The second-order valence-electron chi connectivity index (χ2n) is 5.04. The number of ether oxygens (including phenoxy) is 1. The molecule has 122 valence electrons. The molecule has 0 amide bonds. The normalized spacial score (nSPS) is 11.1. The van der Waals surface area contributed by atoms with Gasteiger partial charge in [-0.3, -0.25) is 4.72 Å². The fourth-order valence-electron chi connectivity index (χ4n) is 2.08. The van der Waals surface area contributed by atoms with Crippen LogP contribution in [0.3, 0.4) is 0 Å². The molecule has 2 aromatic rings. The standard InChI is InChI=1S/C16H17NO5S/c1-10-7-8-12(9-13(10)16(19)22-3)23(20,21)17-15-11(2)5-4-6-14(15)18/h4-9,17-18H,1-3H3. The third-order valence-electron chi connectivity index (χ3n) is 3.41. The number of nitrogens with one attached hydrogen (secondary N) is 1. The third-order valence-corrected chi connectivity index (χ3v) is 4.76. The number of aryl methyl sites for hydroxylation is 2. The van der Waals surface area contributed by atoms with E-state index in [0.29, 0.717) is 11.1 Å². The Labute approximate surface area is 134 Å². The Balaban J connectivity index is 2.46. The van der Waals surface area contributed by atoms with Crippen molar-refractivity contribution >= 4 is 21.7 Å². The largest absolute Gasteiger partial charge is 0.506 e. The topological polar surface area (TPSA) is 92.7 Å². The average Bonchev–Trinajstić information content (AvgIpc) is 2.50. The molecule has 0 spiro atoms. The molecule has 2 N–H and O–H groups in total. The lowest BCUT2D eigenvalue weighted by Crippen LogP contribution is -2.15. The van der Waals surface area contributed by atoms with Gasteiger partial charge in [-0.15, -0.1) is 0 Å². The highest BCUT2D eigenvalue weighted by atomic mass is 32.2. The minimum Gasteiger partial charge on any atom is -0.506 e. The van der Waals surface area contributed by atoms with Gasteiger partial charge >= 0.3 is 5.97 Å². The summed E-state index contributed by atoms with van der Waals surface area (Å²) in [5.41, 5.74) is 1.46. The second-order valence-corrected chi connectivity index (χ2v) is 6.73. The minimum absolute atomic E-state index is 0.0915.